The number of carbonyl (C=O) groups excluding carboxylic acids is 1. The standard InChI is InChI=1S/C25H20F6N6O/c1-12-33-22(32)21-17(9-35(2)23(21)34-12)15-6-4-14(8-19(15)29)36-10-20(16-5-3-13(27)7-18(16)28)37(24(36)38)25(30,31)11-26/h3-9,20H,10-11H2,1-2H3,(H2,32,33,34). The maximum absolute atomic E-state index is 15.4. The van der Waals surface area contributed by atoms with E-state index in [0.717, 1.165) is 23.1 Å². The van der Waals surface area contributed by atoms with Gasteiger partial charge < -0.3 is 10.3 Å². The molecule has 0 spiro atoms. The van der Waals surface area contributed by atoms with Gasteiger partial charge in [-0.15, -0.1) is 0 Å². The topological polar surface area (TPSA) is 80.3 Å². The lowest BCUT2D eigenvalue weighted by Gasteiger charge is -2.30. The minimum absolute atomic E-state index is 0.0808. The Balaban J connectivity index is 1.57. The number of urea groups is 1. The lowest BCUT2D eigenvalue weighted by Crippen LogP contribution is -2.47. The number of hydrogen-bond donors (Lipinski definition) is 1. The van der Waals surface area contributed by atoms with Crippen molar-refractivity contribution in [2.45, 2.75) is 19.0 Å². The van der Waals surface area contributed by atoms with Gasteiger partial charge in [-0.3, -0.25) is 9.80 Å². The molecule has 0 bridgehead atoms. The highest BCUT2D eigenvalue weighted by Crippen LogP contribution is 2.42. The molecule has 38 heavy (non-hydrogen) atoms. The van der Waals surface area contributed by atoms with E-state index in [9.17, 15) is 26.7 Å². The SMILES string of the molecule is Cc1nc(N)c2c(-c3ccc(N4CC(c5ccc(F)cc5F)N(C(F)(F)CF)C4=O)cc3F)cn(C)c2n1. The van der Waals surface area contributed by atoms with E-state index in [1.807, 2.05) is 0 Å². The first-order valence-electron chi connectivity index (χ1n) is 11.3. The van der Waals surface area contributed by atoms with Crippen LogP contribution in [0.5, 0.6) is 0 Å². The van der Waals surface area contributed by atoms with Crippen molar-refractivity contribution < 1.29 is 31.1 Å². The molecule has 1 aliphatic rings. The van der Waals surface area contributed by atoms with E-state index in [1.165, 1.54) is 12.1 Å². The maximum atomic E-state index is 15.4. The fourth-order valence-electron chi connectivity index (χ4n) is 4.76. The Bertz CT molecular complexity index is 1590. The number of nitrogens with zero attached hydrogens (tertiary/aromatic N) is 5. The molecule has 0 radical (unpaired) electrons. The Morgan fingerprint density at radius 2 is 1.79 bits per heavy atom. The summed E-state index contributed by atoms with van der Waals surface area (Å²) in [6.45, 7) is -1.14. The quantitative estimate of drug-likeness (QED) is 0.271. The number of carbonyl (C=O) groups is 1. The molecule has 4 aromatic rings. The van der Waals surface area contributed by atoms with Crippen LogP contribution in [-0.4, -0.2) is 44.7 Å². The molecule has 1 saturated heterocycles. The molecule has 7 nitrogen and oxygen atoms in total. The highest BCUT2D eigenvalue weighted by Gasteiger charge is 2.53. The number of anilines is 2. The van der Waals surface area contributed by atoms with Gasteiger partial charge in [0.15, 0.2) is 6.67 Å². The van der Waals surface area contributed by atoms with E-state index in [2.05, 4.69) is 9.97 Å². The van der Waals surface area contributed by atoms with E-state index in [-0.39, 0.29) is 22.0 Å². The van der Waals surface area contributed by atoms with Crippen molar-refractivity contribution in [3.05, 3.63) is 71.4 Å². The van der Waals surface area contributed by atoms with E-state index in [0.29, 0.717) is 28.5 Å². The van der Waals surface area contributed by atoms with Crippen LogP contribution in [0.1, 0.15) is 17.4 Å². The van der Waals surface area contributed by atoms with Gasteiger partial charge in [0, 0.05) is 41.7 Å². The summed E-state index contributed by atoms with van der Waals surface area (Å²) in [6.07, 6.45) is 1.60. The smallest absolute Gasteiger partial charge is 0.357 e. The van der Waals surface area contributed by atoms with Gasteiger partial charge in [-0.1, -0.05) is 6.07 Å². The Morgan fingerprint density at radius 3 is 2.45 bits per heavy atom. The van der Waals surface area contributed by atoms with Crippen LogP contribution in [0.25, 0.3) is 22.2 Å². The Morgan fingerprint density at radius 1 is 1.05 bits per heavy atom. The number of hydrogen-bond acceptors (Lipinski definition) is 4. The zero-order valence-corrected chi connectivity index (χ0v) is 20.0. The van der Waals surface area contributed by atoms with E-state index in [1.54, 1.807) is 24.7 Å². The second-order valence-electron chi connectivity index (χ2n) is 8.92. The first-order valence-corrected chi connectivity index (χ1v) is 11.3. The zero-order valence-electron chi connectivity index (χ0n) is 20.0. The highest BCUT2D eigenvalue weighted by molar-refractivity contribution is 6.01. The van der Waals surface area contributed by atoms with Crippen LogP contribution >= 0.6 is 0 Å². The van der Waals surface area contributed by atoms with Crippen molar-refractivity contribution in [3.8, 4) is 11.1 Å². The van der Waals surface area contributed by atoms with Crippen molar-refractivity contribution >= 4 is 28.6 Å². The highest BCUT2D eigenvalue weighted by atomic mass is 19.3. The van der Waals surface area contributed by atoms with Crippen LogP contribution < -0.4 is 10.6 Å². The molecule has 0 aliphatic carbocycles. The van der Waals surface area contributed by atoms with Gasteiger partial charge in [-0.2, -0.15) is 8.78 Å². The Hall–Kier alpha value is -4.29. The number of benzene rings is 2. The van der Waals surface area contributed by atoms with Gasteiger partial charge in [-0.05, 0) is 31.2 Å². The summed E-state index contributed by atoms with van der Waals surface area (Å²) in [6, 6.07) is -1.52. The third kappa shape index (κ3) is 3.98. The fourth-order valence-corrected chi connectivity index (χ4v) is 4.76. The summed E-state index contributed by atoms with van der Waals surface area (Å²) in [5.41, 5.74) is 6.43. The van der Waals surface area contributed by atoms with Gasteiger partial charge in [0.1, 0.15) is 34.7 Å². The first kappa shape index (κ1) is 25.4. The number of fused-ring (bicyclic) bond motifs is 1. The largest absolute Gasteiger partial charge is 0.383 e. The average molecular weight is 534 g/mol. The van der Waals surface area contributed by atoms with Crippen LogP contribution in [0.3, 0.4) is 0 Å². The van der Waals surface area contributed by atoms with Crippen LogP contribution in [0.2, 0.25) is 0 Å². The van der Waals surface area contributed by atoms with Crippen LogP contribution in [0.15, 0.2) is 42.6 Å². The molecule has 0 saturated carbocycles. The van der Waals surface area contributed by atoms with Crippen LogP contribution in [-0.2, 0) is 7.05 Å². The summed E-state index contributed by atoms with van der Waals surface area (Å²) in [7, 11) is 1.70. The lowest BCUT2D eigenvalue weighted by atomic mass is 10.0. The summed E-state index contributed by atoms with van der Waals surface area (Å²) in [5, 5.41) is 0.405. The third-order valence-electron chi connectivity index (χ3n) is 6.45. The van der Waals surface area contributed by atoms with E-state index in [4.69, 9.17) is 5.73 Å². The predicted octanol–water partition coefficient (Wildman–Crippen LogP) is 5.49. The minimum Gasteiger partial charge on any atom is -0.383 e. The molecular formula is C25H20F6N6O. The second kappa shape index (κ2) is 8.92. The number of nitrogens with two attached hydrogens (primary N) is 1. The minimum atomic E-state index is -4.30. The molecule has 1 aliphatic heterocycles. The molecule has 5 rings (SSSR count). The molecule has 1 unspecified atom stereocenters. The Labute approximate surface area is 212 Å². The van der Waals surface area contributed by atoms with Gasteiger partial charge in [-0.25, -0.2) is 32.3 Å². The van der Waals surface area contributed by atoms with Gasteiger partial charge in [0.05, 0.1) is 18.0 Å². The van der Waals surface area contributed by atoms with Gasteiger partial charge in [0.2, 0.25) is 0 Å². The molecular weight excluding hydrogens is 514 g/mol. The zero-order chi connectivity index (χ0) is 27.5. The van der Waals surface area contributed by atoms with Gasteiger partial charge in [0.25, 0.3) is 0 Å². The van der Waals surface area contributed by atoms with Crippen molar-refractivity contribution in [1.29, 1.82) is 0 Å². The molecule has 2 aromatic heterocycles. The van der Waals surface area contributed by atoms with Crippen molar-refractivity contribution in [3.63, 3.8) is 0 Å². The number of amides is 2. The normalized spacial score (nSPS) is 16.2. The number of halogens is 6. The molecule has 2 N–H and O–H groups in total. The summed E-state index contributed by atoms with van der Waals surface area (Å²) in [4.78, 5) is 22.2. The lowest BCUT2D eigenvalue weighted by molar-refractivity contribution is -0.141. The number of nitrogen functional groups attached to an aromatic ring is 1. The summed E-state index contributed by atoms with van der Waals surface area (Å²) in [5.74, 6) is -2.40. The van der Waals surface area contributed by atoms with E-state index >= 15 is 4.39 Å². The third-order valence-corrected chi connectivity index (χ3v) is 6.45. The fraction of sp³-hybridized carbons (Fsp3) is 0.240. The van der Waals surface area contributed by atoms with Crippen LogP contribution in [0, 0.1) is 24.4 Å². The van der Waals surface area contributed by atoms with Gasteiger partial charge >= 0.3 is 12.1 Å². The summed E-state index contributed by atoms with van der Waals surface area (Å²) < 4.78 is 87.3. The summed E-state index contributed by atoms with van der Waals surface area (Å²) >= 11 is 0. The van der Waals surface area contributed by atoms with Crippen molar-refractivity contribution in [2.24, 2.45) is 7.05 Å². The van der Waals surface area contributed by atoms with Crippen molar-refractivity contribution in [1.82, 2.24) is 19.4 Å². The average Bonchev–Trinajstić information content (AvgIpc) is 3.36. The number of aryl methyl sites for hydroxylation is 2. The number of alkyl halides is 3. The molecule has 198 valence electrons. The molecule has 1 atom stereocenters. The molecule has 2 amide bonds. The maximum Gasteiger partial charge on any atom is 0.357 e. The first-order chi connectivity index (χ1) is 17.9. The molecule has 1 fully saturated rings. The Kier molecular flexibility index (Phi) is 5.96. The van der Waals surface area contributed by atoms with Crippen molar-refractivity contribution in [2.75, 3.05) is 23.9 Å². The molecule has 3 heterocycles. The number of aromatic nitrogens is 3. The predicted molar refractivity (Wildman–Crippen MR) is 128 cm³/mol. The molecule has 13 heteroatoms. The van der Waals surface area contributed by atoms with Crippen LogP contribution in [0.4, 0.5) is 42.6 Å². The second-order valence-corrected chi connectivity index (χ2v) is 8.92. The number of rotatable bonds is 5. The van der Waals surface area contributed by atoms with E-state index < -0.39 is 54.4 Å². The monoisotopic (exact) mass is 534 g/mol. The molecule has 2 aromatic carbocycles.